The van der Waals surface area contributed by atoms with E-state index in [0.717, 1.165) is 31.2 Å². The third-order valence-electron chi connectivity index (χ3n) is 4.36. The smallest absolute Gasteiger partial charge is 0.0962 e. The molecule has 2 rings (SSSR count). The standard InChI is InChI=1S/C14H19Cl2NO/c1-13(9-17)6-2-3-7-14(13,18)10-4-5-11(15)12(16)8-10/h4-5,8,18H,2-3,6-7,9,17H2,1H3/t13-,14+/m1/s1. The molecule has 100 valence electrons. The first-order chi connectivity index (χ1) is 8.43. The Bertz CT molecular complexity index is 451. The van der Waals surface area contributed by atoms with Crippen molar-refractivity contribution in [1.29, 1.82) is 0 Å². The van der Waals surface area contributed by atoms with Crippen molar-refractivity contribution in [2.45, 2.75) is 38.2 Å². The Balaban J connectivity index is 2.47. The third kappa shape index (κ3) is 2.16. The lowest BCUT2D eigenvalue weighted by molar-refractivity contribution is -0.108. The highest BCUT2D eigenvalue weighted by Gasteiger charge is 2.48. The summed E-state index contributed by atoms with van der Waals surface area (Å²) < 4.78 is 0. The molecule has 0 radical (unpaired) electrons. The molecule has 1 aliphatic rings. The SMILES string of the molecule is C[C@]1(CN)CCCC[C@]1(O)c1ccc(Cl)c(Cl)c1. The van der Waals surface area contributed by atoms with Crippen molar-refractivity contribution in [3.63, 3.8) is 0 Å². The highest BCUT2D eigenvalue weighted by molar-refractivity contribution is 6.42. The number of hydrogen-bond donors (Lipinski definition) is 2. The van der Waals surface area contributed by atoms with Gasteiger partial charge in [-0.25, -0.2) is 0 Å². The monoisotopic (exact) mass is 287 g/mol. The molecule has 4 heteroatoms. The molecule has 0 unspecified atom stereocenters. The molecule has 1 aromatic carbocycles. The van der Waals surface area contributed by atoms with Crippen LogP contribution in [-0.4, -0.2) is 11.7 Å². The first-order valence-corrected chi connectivity index (χ1v) is 7.06. The molecular formula is C14H19Cl2NO. The molecule has 18 heavy (non-hydrogen) atoms. The molecule has 0 heterocycles. The van der Waals surface area contributed by atoms with Crippen molar-refractivity contribution in [2.75, 3.05) is 6.54 Å². The van der Waals surface area contributed by atoms with Gasteiger partial charge < -0.3 is 10.8 Å². The Kier molecular flexibility index (Phi) is 3.93. The minimum absolute atomic E-state index is 0.303. The van der Waals surface area contributed by atoms with Gasteiger partial charge in [0.25, 0.3) is 0 Å². The van der Waals surface area contributed by atoms with E-state index >= 15 is 0 Å². The van der Waals surface area contributed by atoms with Gasteiger partial charge in [0.05, 0.1) is 15.6 Å². The molecule has 0 aliphatic heterocycles. The summed E-state index contributed by atoms with van der Waals surface area (Å²) in [6.45, 7) is 2.51. The van der Waals surface area contributed by atoms with E-state index in [0.29, 0.717) is 16.6 Å². The quantitative estimate of drug-likeness (QED) is 0.871. The number of hydrogen-bond acceptors (Lipinski definition) is 2. The Morgan fingerprint density at radius 3 is 2.50 bits per heavy atom. The molecule has 3 N–H and O–H groups in total. The Morgan fingerprint density at radius 1 is 1.22 bits per heavy atom. The van der Waals surface area contributed by atoms with E-state index in [4.69, 9.17) is 28.9 Å². The van der Waals surface area contributed by atoms with Gasteiger partial charge >= 0.3 is 0 Å². The zero-order valence-corrected chi connectivity index (χ0v) is 12.1. The minimum atomic E-state index is -0.909. The normalized spacial score (nSPS) is 32.5. The van der Waals surface area contributed by atoms with Crippen molar-refractivity contribution in [3.05, 3.63) is 33.8 Å². The van der Waals surface area contributed by atoms with Crippen LogP contribution >= 0.6 is 23.2 Å². The molecule has 1 aromatic rings. The third-order valence-corrected chi connectivity index (χ3v) is 5.10. The van der Waals surface area contributed by atoms with E-state index in [-0.39, 0.29) is 5.41 Å². The lowest BCUT2D eigenvalue weighted by Gasteiger charge is -2.48. The second-order valence-electron chi connectivity index (χ2n) is 5.46. The van der Waals surface area contributed by atoms with Gasteiger partial charge in [0, 0.05) is 12.0 Å². The summed E-state index contributed by atoms with van der Waals surface area (Å²) in [6, 6.07) is 5.36. The van der Waals surface area contributed by atoms with Gasteiger partial charge in [-0.1, -0.05) is 49.0 Å². The van der Waals surface area contributed by atoms with E-state index in [1.165, 1.54) is 0 Å². The highest BCUT2D eigenvalue weighted by atomic mass is 35.5. The van der Waals surface area contributed by atoms with Crippen LogP contribution in [0.2, 0.25) is 10.0 Å². The molecule has 0 aromatic heterocycles. The molecule has 0 amide bonds. The summed E-state index contributed by atoms with van der Waals surface area (Å²) in [6.07, 6.45) is 3.77. The lowest BCUT2D eigenvalue weighted by Crippen LogP contribution is -2.50. The van der Waals surface area contributed by atoms with Crippen LogP contribution < -0.4 is 5.73 Å². The number of aliphatic hydroxyl groups is 1. The molecule has 1 saturated carbocycles. The van der Waals surface area contributed by atoms with Gasteiger partial charge in [0.1, 0.15) is 0 Å². The number of rotatable bonds is 2. The fourth-order valence-corrected chi connectivity index (χ4v) is 3.22. The fraction of sp³-hybridized carbons (Fsp3) is 0.571. The predicted octanol–water partition coefficient (Wildman–Crippen LogP) is 3.72. The molecule has 0 bridgehead atoms. The maximum Gasteiger partial charge on any atom is 0.0962 e. The maximum atomic E-state index is 11.1. The Morgan fingerprint density at radius 2 is 1.89 bits per heavy atom. The topological polar surface area (TPSA) is 46.2 Å². The van der Waals surface area contributed by atoms with Gasteiger partial charge in [0.15, 0.2) is 0 Å². The van der Waals surface area contributed by atoms with Crippen molar-refractivity contribution in [1.82, 2.24) is 0 Å². The van der Waals surface area contributed by atoms with Gasteiger partial charge in [-0.2, -0.15) is 0 Å². The number of nitrogens with two attached hydrogens (primary N) is 1. The highest BCUT2D eigenvalue weighted by Crippen LogP contribution is 2.50. The Labute approximate surface area is 118 Å². The Hall–Kier alpha value is -0.280. The van der Waals surface area contributed by atoms with Gasteiger partial charge in [-0.05, 0) is 30.5 Å². The van der Waals surface area contributed by atoms with Crippen molar-refractivity contribution in [3.8, 4) is 0 Å². The molecule has 2 atom stereocenters. The summed E-state index contributed by atoms with van der Waals surface area (Å²) in [5, 5.41) is 12.1. The second-order valence-corrected chi connectivity index (χ2v) is 6.28. The van der Waals surface area contributed by atoms with Crippen LogP contribution in [0.4, 0.5) is 0 Å². The average Bonchev–Trinajstić information content (AvgIpc) is 2.36. The van der Waals surface area contributed by atoms with Crippen LogP contribution in [-0.2, 0) is 5.60 Å². The molecule has 2 nitrogen and oxygen atoms in total. The first kappa shape index (κ1) is 14.1. The predicted molar refractivity (Wildman–Crippen MR) is 76.0 cm³/mol. The molecular weight excluding hydrogens is 269 g/mol. The van der Waals surface area contributed by atoms with Crippen LogP contribution in [0, 0.1) is 5.41 Å². The van der Waals surface area contributed by atoms with Gasteiger partial charge in [-0.3, -0.25) is 0 Å². The van der Waals surface area contributed by atoms with Gasteiger partial charge in [-0.15, -0.1) is 0 Å². The van der Waals surface area contributed by atoms with Crippen LogP contribution in [0.1, 0.15) is 38.2 Å². The molecule has 1 fully saturated rings. The van der Waals surface area contributed by atoms with E-state index in [2.05, 4.69) is 6.92 Å². The van der Waals surface area contributed by atoms with E-state index in [9.17, 15) is 5.11 Å². The minimum Gasteiger partial charge on any atom is -0.385 e. The molecule has 0 spiro atoms. The van der Waals surface area contributed by atoms with Crippen molar-refractivity contribution < 1.29 is 5.11 Å². The second kappa shape index (κ2) is 5.01. The summed E-state index contributed by atoms with van der Waals surface area (Å²) >= 11 is 12.0. The van der Waals surface area contributed by atoms with Crippen molar-refractivity contribution in [2.24, 2.45) is 11.1 Å². The average molecular weight is 288 g/mol. The zero-order chi connectivity index (χ0) is 13.4. The van der Waals surface area contributed by atoms with Crippen LogP contribution in [0.15, 0.2) is 18.2 Å². The molecule has 1 aliphatic carbocycles. The summed E-state index contributed by atoms with van der Waals surface area (Å²) in [5.74, 6) is 0. The van der Waals surface area contributed by atoms with Crippen LogP contribution in [0.3, 0.4) is 0 Å². The largest absolute Gasteiger partial charge is 0.385 e. The maximum absolute atomic E-state index is 11.1. The first-order valence-electron chi connectivity index (χ1n) is 6.31. The summed E-state index contributed by atoms with van der Waals surface area (Å²) in [4.78, 5) is 0. The summed E-state index contributed by atoms with van der Waals surface area (Å²) in [7, 11) is 0. The molecule has 0 saturated heterocycles. The van der Waals surface area contributed by atoms with Crippen molar-refractivity contribution >= 4 is 23.2 Å². The number of halogens is 2. The van der Waals surface area contributed by atoms with Crippen LogP contribution in [0.25, 0.3) is 0 Å². The zero-order valence-electron chi connectivity index (χ0n) is 10.5. The van der Waals surface area contributed by atoms with E-state index in [1.807, 2.05) is 6.07 Å². The lowest BCUT2D eigenvalue weighted by atomic mass is 9.61. The summed E-state index contributed by atoms with van der Waals surface area (Å²) in [5.41, 5.74) is 5.51. The van der Waals surface area contributed by atoms with Gasteiger partial charge in [0.2, 0.25) is 0 Å². The fourth-order valence-electron chi connectivity index (χ4n) is 2.92. The van der Waals surface area contributed by atoms with E-state index < -0.39 is 5.60 Å². The van der Waals surface area contributed by atoms with Crippen LogP contribution in [0.5, 0.6) is 0 Å². The number of benzene rings is 1. The van der Waals surface area contributed by atoms with E-state index in [1.54, 1.807) is 12.1 Å².